The largest absolute Gasteiger partial charge is 0.444 e. The van der Waals surface area contributed by atoms with Gasteiger partial charge < -0.3 is 30.1 Å². The number of fused-ring (bicyclic) bond motifs is 1. The maximum absolute atomic E-state index is 13.6. The summed E-state index contributed by atoms with van der Waals surface area (Å²) in [6.07, 6.45) is -0.473. The number of hydrogen-bond acceptors (Lipinski definition) is 7. The van der Waals surface area contributed by atoms with Crippen molar-refractivity contribution in [3.8, 4) is 11.4 Å². The van der Waals surface area contributed by atoms with Crippen LogP contribution in [-0.2, 0) is 27.5 Å². The minimum Gasteiger partial charge on any atom is -0.444 e. The van der Waals surface area contributed by atoms with Crippen molar-refractivity contribution in [1.82, 2.24) is 19.8 Å². The molecule has 11 heteroatoms. The first-order chi connectivity index (χ1) is 17.2. The number of nitrogens with one attached hydrogen (secondary N) is 1. The van der Waals surface area contributed by atoms with Crippen LogP contribution in [0.2, 0.25) is 0 Å². The highest BCUT2D eigenvalue weighted by atomic mass is 16.7. The van der Waals surface area contributed by atoms with Crippen molar-refractivity contribution in [2.24, 2.45) is 16.3 Å². The summed E-state index contributed by atoms with van der Waals surface area (Å²) in [4.78, 5) is 50.3. The first-order valence-corrected chi connectivity index (χ1v) is 12.1. The fraction of sp³-hybridized carbons (Fsp3) is 0.500. The number of imidazole rings is 1. The molecule has 1 aromatic heterocycles. The third-order valence-electron chi connectivity index (χ3n) is 5.56. The maximum Gasteiger partial charge on any atom is 0.410 e. The summed E-state index contributed by atoms with van der Waals surface area (Å²) in [6, 6.07) is 8.44. The van der Waals surface area contributed by atoms with Gasteiger partial charge in [0.1, 0.15) is 23.3 Å². The van der Waals surface area contributed by atoms with E-state index in [1.165, 1.54) is 6.92 Å². The van der Waals surface area contributed by atoms with E-state index in [2.05, 4.69) is 15.5 Å². The highest BCUT2D eigenvalue weighted by Gasteiger charge is 2.38. The number of nitrogens with zero attached hydrogens (tertiary/aromatic N) is 4. The average Bonchev–Trinajstić information content (AvgIpc) is 3.18. The van der Waals surface area contributed by atoms with Gasteiger partial charge in [-0.05, 0) is 33.1 Å². The van der Waals surface area contributed by atoms with Gasteiger partial charge in [-0.15, -0.1) is 0 Å². The van der Waals surface area contributed by atoms with E-state index in [0.717, 1.165) is 5.56 Å². The molecule has 0 fully saturated rings. The Morgan fingerprint density at radius 2 is 1.73 bits per heavy atom. The van der Waals surface area contributed by atoms with Gasteiger partial charge in [0.25, 0.3) is 5.91 Å². The molecule has 2 aromatic rings. The SMILES string of the molecule is C/C(N)=N\OC(=O)[C@@H](NC(=O)c1nc(-c2ccccc2)n2c1CN(C(=O)OC(C)(C)C)CC2)C(C)(C)C. The zero-order chi connectivity index (χ0) is 27.5. The molecule has 37 heavy (non-hydrogen) atoms. The lowest BCUT2D eigenvalue weighted by atomic mass is 9.86. The summed E-state index contributed by atoms with van der Waals surface area (Å²) in [6.45, 7) is 13.2. The number of carbonyl (C=O) groups excluding carboxylic acids is 3. The quantitative estimate of drug-likeness (QED) is 0.271. The number of oxime groups is 1. The van der Waals surface area contributed by atoms with E-state index in [1.54, 1.807) is 46.4 Å². The van der Waals surface area contributed by atoms with E-state index < -0.39 is 35.0 Å². The lowest BCUT2D eigenvalue weighted by Crippen LogP contribution is -2.50. The predicted molar refractivity (Wildman–Crippen MR) is 138 cm³/mol. The number of rotatable bonds is 5. The summed E-state index contributed by atoms with van der Waals surface area (Å²) in [7, 11) is 0. The van der Waals surface area contributed by atoms with Crippen LogP contribution in [0.15, 0.2) is 35.5 Å². The molecule has 0 aliphatic carbocycles. The summed E-state index contributed by atoms with van der Waals surface area (Å²) >= 11 is 0. The molecular formula is C26H36N6O5. The second-order valence-electron chi connectivity index (χ2n) is 11.1. The molecule has 3 N–H and O–H groups in total. The molecule has 1 aliphatic rings. The van der Waals surface area contributed by atoms with Gasteiger partial charge in [0.05, 0.1) is 12.2 Å². The molecule has 2 heterocycles. The Morgan fingerprint density at radius 1 is 1.08 bits per heavy atom. The van der Waals surface area contributed by atoms with E-state index >= 15 is 0 Å². The van der Waals surface area contributed by atoms with E-state index in [-0.39, 0.29) is 18.1 Å². The monoisotopic (exact) mass is 512 g/mol. The van der Waals surface area contributed by atoms with Crippen LogP contribution in [-0.4, -0.2) is 56.4 Å². The van der Waals surface area contributed by atoms with Crippen LogP contribution in [0.3, 0.4) is 0 Å². The normalized spacial score (nSPS) is 15.0. The van der Waals surface area contributed by atoms with Crippen LogP contribution in [0.25, 0.3) is 11.4 Å². The Kier molecular flexibility index (Phi) is 7.94. The number of carbonyl (C=O) groups is 3. The highest BCUT2D eigenvalue weighted by Crippen LogP contribution is 2.28. The molecule has 2 amide bonds. The maximum atomic E-state index is 13.6. The topological polar surface area (TPSA) is 141 Å². The number of aromatic nitrogens is 2. The van der Waals surface area contributed by atoms with Gasteiger partial charge in [-0.1, -0.05) is 56.3 Å². The fourth-order valence-corrected chi connectivity index (χ4v) is 3.84. The second-order valence-corrected chi connectivity index (χ2v) is 11.1. The van der Waals surface area contributed by atoms with Crippen molar-refractivity contribution in [2.45, 2.75) is 73.2 Å². The molecule has 3 rings (SSSR count). The van der Waals surface area contributed by atoms with E-state index in [1.807, 2.05) is 34.9 Å². The van der Waals surface area contributed by atoms with E-state index in [9.17, 15) is 14.4 Å². The highest BCUT2D eigenvalue weighted by molar-refractivity contribution is 5.97. The van der Waals surface area contributed by atoms with Gasteiger partial charge >= 0.3 is 12.1 Å². The standard InChI is InChI=1S/C26H36N6O5/c1-16(27)30-37-23(34)20(25(2,3)4)29-22(33)19-18-15-31(24(35)36-26(5,6)7)13-14-32(18)21(28-19)17-11-9-8-10-12-17/h8-12,20H,13-15H2,1-7H3,(H2,27,30)(H,29,33)/t20-/m1/s1. The first-order valence-electron chi connectivity index (χ1n) is 12.1. The third-order valence-corrected chi connectivity index (χ3v) is 5.56. The molecule has 0 spiro atoms. The lowest BCUT2D eigenvalue weighted by Gasteiger charge is -2.32. The van der Waals surface area contributed by atoms with Crippen molar-refractivity contribution in [1.29, 1.82) is 0 Å². The molecular weight excluding hydrogens is 476 g/mol. The molecule has 0 saturated carbocycles. The van der Waals surface area contributed by atoms with E-state index in [4.69, 9.17) is 15.3 Å². The summed E-state index contributed by atoms with van der Waals surface area (Å²) in [5, 5.41) is 6.29. The van der Waals surface area contributed by atoms with Crippen LogP contribution in [0.5, 0.6) is 0 Å². The number of amidine groups is 1. The summed E-state index contributed by atoms with van der Waals surface area (Å²) < 4.78 is 7.47. The van der Waals surface area contributed by atoms with Crippen molar-refractivity contribution in [3.05, 3.63) is 41.7 Å². The molecule has 0 bridgehead atoms. The number of hydrogen-bond donors (Lipinski definition) is 2. The van der Waals surface area contributed by atoms with Crippen LogP contribution in [0.1, 0.15) is 64.6 Å². The van der Waals surface area contributed by atoms with Crippen LogP contribution < -0.4 is 11.1 Å². The fourth-order valence-electron chi connectivity index (χ4n) is 3.84. The Morgan fingerprint density at radius 3 is 2.30 bits per heavy atom. The molecule has 0 unspecified atom stereocenters. The van der Waals surface area contributed by atoms with Gasteiger partial charge in [-0.25, -0.2) is 14.6 Å². The smallest absolute Gasteiger partial charge is 0.410 e. The first kappa shape index (κ1) is 27.7. The van der Waals surface area contributed by atoms with Crippen molar-refractivity contribution < 1.29 is 24.0 Å². The van der Waals surface area contributed by atoms with Crippen LogP contribution in [0, 0.1) is 5.41 Å². The van der Waals surface area contributed by atoms with Gasteiger partial charge in [0.2, 0.25) is 0 Å². The molecule has 0 saturated heterocycles. The third kappa shape index (κ3) is 6.87. The van der Waals surface area contributed by atoms with Crippen LogP contribution in [0.4, 0.5) is 4.79 Å². The Hall–Kier alpha value is -3.89. The van der Waals surface area contributed by atoms with Crippen molar-refractivity contribution >= 4 is 23.8 Å². The second kappa shape index (κ2) is 10.6. The minimum atomic E-state index is -1.04. The molecule has 1 aromatic carbocycles. The van der Waals surface area contributed by atoms with E-state index in [0.29, 0.717) is 24.6 Å². The Labute approximate surface area is 217 Å². The predicted octanol–water partition coefficient (Wildman–Crippen LogP) is 3.28. The molecule has 1 aliphatic heterocycles. The number of ether oxygens (including phenoxy) is 1. The number of amides is 2. The lowest BCUT2D eigenvalue weighted by molar-refractivity contribution is -0.148. The van der Waals surface area contributed by atoms with Gasteiger partial charge in [-0.3, -0.25) is 4.79 Å². The zero-order valence-electron chi connectivity index (χ0n) is 22.5. The summed E-state index contributed by atoms with van der Waals surface area (Å²) in [5.74, 6) is -0.646. The van der Waals surface area contributed by atoms with Crippen LogP contribution >= 0.6 is 0 Å². The summed E-state index contributed by atoms with van der Waals surface area (Å²) in [5.41, 5.74) is 5.62. The Balaban J connectivity index is 1.99. The van der Waals surface area contributed by atoms with Gasteiger partial charge in [0.15, 0.2) is 5.69 Å². The Bertz CT molecular complexity index is 1190. The molecule has 200 valence electrons. The van der Waals surface area contributed by atoms with Crippen molar-refractivity contribution in [2.75, 3.05) is 6.54 Å². The number of nitrogens with two attached hydrogens (primary N) is 1. The van der Waals surface area contributed by atoms with Gasteiger partial charge in [-0.2, -0.15) is 0 Å². The van der Waals surface area contributed by atoms with Crippen molar-refractivity contribution in [3.63, 3.8) is 0 Å². The average molecular weight is 513 g/mol. The zero-order valence-corrected chi connectivity index (χ0v) is 22.5. The molecule has 11 nitrogen and oxygen atoms in total. The molecule has 0 radical (unpaired) electrons. The number of benzene rings is 1. The van der Waals surface area contributed by atoms with Gasteiger partial charge in [0, 0.05) is 18.7 Å². The molecule has 1 atom stereocenters. The minimum absolute atomic E-state index is 0.0743.